The third-order valence-corrected chi connectivity index (χ3v) is 2.92. The minimum absolute atomic E-state index is 0.135. The van der Waals surface area contributed by atoms with Crippen molar-refractivity contribution in [3.05, 3.63) is 41.9 Å². The van der Waals surface area contributed by atoms with E-state index < -0.39 is 32.4 Å². The first-order valence-corrected chi connectivity index (χ1v) is 5.64. The largest absolute Gasteiger partial charge is 0.405 e. The van der Waals surface area contributed by atoms with Crippen molar-refractivity contribution in [2.75, 3.05) is 0 Å². The molecule has 0 spiro atoms. The zero-order valence-corrected chi connectivity index (χ0v) is 9.09. The highest BCUT2D eigenvalue weighted by molar-refractivity contribution is 7.90. The molecule has 0 saturated heterocycles. The van der Waals surface area contributed by atoms with E-state index in [1.807, 2.05) is 0 Å². The first-order chi connectivity index (χ1) is 7.88. The molecule has 0 unspecified atom stereocenters. The maximum Gasteiger partial charge on any atom is 0.285 e. The molecule has 0 aliphatic rings. The molecule has 92 valence electrons. The maximum atomic E-state index is 13.1. The van der Waals surface area contributed by atoms with Crippen LogP contribution in [0.5, 0.6) is 0 Å². The summed E-state index contributed by atoms with van der Waals surface area (Å²) in [6.07, 6.45) is 2.87. The summed E-state index contributed by atoms with van der Waals surface area (Å²) in [4.78, 5) is -1.04. The van der Waals surface area contributed by atoms with Crippen LogP contribution in [0.4, 0.5) is 13.2 Å². The summed E-state index contributed by atoms with van der Waals surface area (Å²) >= 11 is 0. The molecule has 0 heterocycles. The summed E-state index contributed by atoms with van der Waals surface area (Å²) in [6, 6.07) is 0.361. The van der Waals surface area contributed by atoms with Gasteiger partial charge >= 0.3 is 0 Å². The van der Waals surface area contributed by atoms with Crippen molar-refractivity contribution in [1.82, 2.24) is 0 Å². The lowest BCUT2D eigenvalue weighted by Crippen LogP contribution is -2.03. The van der Waals surface area contributed by atoms with Crippen LogP contribution in [0.15, 0.2) is 33.7 Å². The molecule has 1 aromatic carbocycles. The smallest absolute Gasteiger partial charge is 0.285 e. The van der Waals surface area contributed by atoms with Gasteiger partial charge in [-0.1, -0.05) is 0 Å². The van der Waals surface area contributed by atoms with E-state index in [0.29, 0.717) is 0 Å². The lowest BCUT2D eigenvalue weighted by molar-refractivity contribution is 0.482. The van der Waals surface area contributed by atoms with Gasteiger partial charge in [-0.05, 0) is 12.3 Å². The Kier molecular flexibility index (Phi) is 3.89. The second-order valence-electron chi connectivity index (χ2n) is 2.81. The van der Waals surface area contributed by atoms with Gasteiger partial charge in [0.25, 0.3) is 10.0 Å². The molecule has 0 aromatic heterocycles. The third kappa shape index (κ3) is 3.06. The van der Waals surface area contributed by atoms with Gasteiger partial charge < -0.3 is 5.73 Å². The van der Waals surface area contributed by atoms with Gasteiger partial charge in [-0.3, -0.25) is 0 Å². The number of hydrogen-bond donors (Lipinski definition) is 1. The molecule has 0 aliphatic heterocycles. The molecule has 1 rings (SSSR count). The highest BCUT2D eigenvalue weighted by atomic mass is 32.2. The summed E-state index contributed by atoms with van der Waals surface area (Å²) in [5.41, 5.74) is 4.92. The number of sulfonamides is 1. The Bertz CT molecular complexity index is 582. The molecular formula is C9H7F3N2O2S. The van der Waals surface area contributed by atoms with E-state index in [1.165, 1.54) is 0 Å². The molecular weight excluding hydrogens is 257 g/mol. The van der Waals surface area contributed by atoms with Gasteiger partial charge in [-0.2, -0.15) is 12.8 Å². The molecule has 0 aliphatic carbocycles. The summed E-state index contributed by atoms with van der Waals surface area (Å²) < 4.78 is 64.3. The number of nitrogens with two attached hydrogens (primary N) is 1. The number of hydrogen-bond acceptors (Lipinski definition) is 3. The normalized spacial score (nSPS) is 12.6. The third-order valence-electron chi connectivity index (χ3n) is 1.65. The molecule has 0 saturated carbocycles. The number of nitrogens with zero attached hydrogens (tertiary/aromatic N) is 1. The Labute approximate surface area is 95.3 Å². The summed E-state index contributed by atoms with van der Waals surface area (Å²) in [5.74, 6) is -4.38. The number of allylic oxidation sites excluding steroid dienone is 1. The monoisotopic (exact) mass is 264 g/mol. The van der Waals surface area contributed by atoms with Crippen LogP contribution >= 0.6 is 0 Å². The van der Waals surface area contributed by atoms with Gasteiger partial charge in [0.15, 0.2) is 11.6 Å². The Morgan fingerprint density at radius 1 is 1.12 bits per heavy atom. The Hall–Kier alpha value is -1.83. The minimum atomic E-state index is -4.42. The summed E-state index contributed by atoms with van der Waals surface area (Å²) in [7, 11) is -4.42. The van der Waals surface area contributed by atoms with E-state index in [-0.39, 0.29) is 12.1 Å². The fraction of sp³-hybridized carbons (Fsp3) is 0. The second-order valence-corrected chi connectivity index (χ2v) is 4.41. The molecule has 1 aromatic rings. The van der Waals surface area contributed by atoms with E-state index in [4.69, 9.17) is 5.73 Å². The van der Waals surface area contributed by atoms with Gasteiger partial charge in [-0.25, -0.2) is 13.2 Å². The number of halogens is 3. The average Bonchev–Trinajstić information content (AvgIpc) is 2.23. The van der Waals surface area contributed by atoms with Crippen molar-refractivity contribution in [3.8, 4) is 0 Å². The van der Waals surface area contributed by atoms with Crippen LogP contribution in [0.2, 0.25) is 0 Å². The Morgan fingerprint density at radius 3 is 2.29 bits per heavy atom. The number of benzene rings is 1. The van der Waals surface area contributed by atoms with Gasteiger partial charge in [0.2, 0.25) is 0 Å². The molecule has 0 amide bonds. The zero-order chi connectivity index (χ0) is 13.1. The summed E-state index contributed by atoms with van der Waals surface area (Å²) in [6.45, 7) is 0. The van der Waals surface area contributed by atoms with Crippen LogP contribution in [0.25, 0.3) is 0 Å². The second kappa shape index (κ2) is 5.00. The van der Waals surface area contributed by atoms with E-state index in [1.54, 1.807) is 0 Å². The average molecular weight is 264 g/mol. The first kappa shape index (κ1) is 13.2. The zero-order valence-electron chi connectivity index (χ0n) is 8.27. The SMILES string of the molecule is N/C=C\C=N\S(=O)(=O)c1cc(F)c(F)cc1F. The maximum absolute atomic E-state index is 13.1. The molecule has 8 heteroatoms. The molecule has 17 heavy (non-hydrogen) atoms. The van der Waals surface area contributed by atoms with Crippen molar-refractivity contribution in [3.63, 3.8) is 0 Å². The lowest BCUT2D eigenvalue weighted by Gasteiger charge is -2.01. The van der Waals surface area contributed by atoms with Crippen LogP contribution < -0.4 is 5.73 Å². The van der Waals surface area contributed by atoms with Crippen molar-refractivity contribution in [2.24, 2.45) is 10.1 Å². The van der Waals surface area contributed by atoms with Crippen LogP contribution in [0.1, 0.15) is 0 Å². The van der Waals surface area contributed by atoms with Crippen LogP contribution in [0, 0.1) is 17.5 Å². The first-order valence-electron chi connectivity index (χ1n) is 4.20. The minimum Gasteiger partial charge on any atom is -0.405 e. The van der Waals surface area contributed by atoms with Crippen molar-refractivity contribution in [1.29, 1.82) is 0 Å². The number of rotatable bonds is 3. The predicted octanol–water partition coefficient (Wildman–Crippen LogP) is 1.34. The quantitative estimate of drug-likeness (QED) is 0.661. The van der Waals surface area contributed by atoms with Gasteiger partial charge in [0.1, 0.15) is 10.7 Å². The molecule has 0 radical (unpaired) electrons. The molecule has 0 fully saturated rings. The Balaban J connectivity index is 3.29. The predicted molar refractivity (Wildman–Crippen MR) is 55.3 cm³/mol. The lowest BCUT2D eigenvalue weighted by atomic mass is 10.3. The van der Waals surface area contributed by atoms with E-state index in [9.17, 15) is 21.6 Å². The van der Waals surface area contributed by atoms with E-state index in [2.05, 4.69) is 4.40 Å². The summed E-state index contributed by atoms with van der Waals surface area (Å²) in [5, 5.41) is 0. The molecule has 0 atom stereocenters. The van der Waals surface area contributed by atoms with E-state index in [0.717, 1.165) is 18.5 Å². The topological polar surface area (TPSA) is 72.5 Å². The van der Waals surface area contributed by atoms with E-state index >= 15 is 0 Å². The van der Waals surface area contributed by atoms with Crippen molar-refractivity contribution < 1.29 is 21.6 Å². The van der Waals surface area contributed by atoms with Crippen LogP contribution in [-0.2, 0) is 10.0 Å². The fourth-order valence-electron chi connectivity index (χ4n) is 0.924. The van der Waals surface area contributed by atoms with Crippen molar-refractivity contribution >= 4 is 16.2 Å². The van der Waals surface area contributed by atoms with Crippen LogP contribution in [-0.4, -0.2) is 14.6 Å². The molecule has 0 bridgehead atoms. The Morgan fingerprint density at radius 2 is 1.71 bits per heavy atom. The van der Waals surface area contributed by atoms with Crippen molar-refractivity contribution in [2.45, 2.75) is 4.90 Å². The fourth-order valence-corrected chi connectivity index (χ4v) is 1.83. The standard InChI is InChI=1S/C9H7F3N2O2S/c10-6-4-8(12)9(5-7(6)11)17(15,16)14-3-1-2-13/h1-5H,13H2/b2-1-,14-3+. The molecule has 4 nitrogen and oxygen atoms in total. The van der Waals surface area contributed by atoms with Gasteiger partial charge in [0.05, 0.1) is 0 Å². The molecule has 2 N–H and O–H groups in total. The van der Waals surface area contributed by atoms with Gasteiger partial charge in [-0.15, -0.1) is 0 Å². The highest BCUT2D eigenvalue weighted by Crippen LogP contribution is 2.20. The van der Waals surface area contributed by atoms with Gasteiger partial charge in [0, 0.05) is 18.3 Å². The highest BCUT2D eigenvalue weighted by Gasteiger charge is 2.20. The van der Waals surface area contributed by atoms with Crippen LogP contribution in [0.3, 0.4) is 0 Å².